The van der Waals surface area contributed by atoms with Crippen molar-refractivity contribution in [3.63, 3.8) is 0 Å². The first-order valence-corrected chi connectivity index (χ1v) is 8.71. The highest BCUT2D eigenvalue weighted by Crippen LogP contribution is 2.30. The van der Waals surface area contributed by atoms with Gasteiger partial charge in [-0.25, -0.2) is 4.98 Å². The molecule has 0 atom stereocenters. The number of hydrogen-bond acceptors (Lipinski definition) is 4. The molecule has 24 heavy (non-hydrogen) atoms. The lowest BCUT2D eigenvalue weighted by atomic mass is 10.1. The van der Waals surface area contributed by atoms with Crippen molar-refractivity contribution < 1.29 is 17.7 Å². The number of hydrogen-bond donors (Lipinski definition) is 0. The Hall–Kier alpha value is -1.20. The summed E-state index contributed by atoms with van der Waals surface area (Å²) in [5.74, 6) is -1.47. The second-order valence-electron chi connectivity index (χ2n) is 4.67. The van der Waals surface area contributed by atoms with Crippen LogP contribution in [-0.4, -0.2) is 19.7 Å². The third-order valence-corrected chi connectivity index (χ3v) is 5.54. The van der Waals surface area contributed by atoms with E-state index in [2.05, 4.69) is 67.4 Å². The van der Waals surface area contributed by atoms with Gasteiger partial charge in [-0.2, -0.15) is 18.2 Å². The molecule has 0 aliphatic heterocycles. The molecular weight excluding hydrogens is 525 g/mol. The molecule has 2 heterocycles. The predicted molar refractivity (Wildman–Crippen MR) is 89.2 cm³/mol. The van der Waals surface area contributed by atoms with Crippen molar-refractivity contribution in [2.24, 2.45) is 0 Å². The standard InChI is InChI=1S/C13H6Br3F3N4O/c14-8-9(15)23(12(16)20-8)5-6-1-3-7(4-2-6)10-21-11(24-22-10)13(17,18)19/h1-4H,5H2. The third kappa shape index (κ3) is 3.57. The summed E-state index contributed by atoms with van der Waals surface area (Å²) < 4.78 is 45.6. The van der Waals surface area contributed by atoms with Gasteiger partial charge in [0.05, 0.1) is 6.54 Å². The van der Waals surface area contributed by atoms with Crippen LogP contribution in [0.3, 0.4) is 0 Å². The summed E-state index contributed by atoms with van der Waals surface area (Å²) in [5, 5.41) is 3.36. The Morgan fingerprint density at radius 1 is 1.04 bits per heavy atom. The predicted octanol–water partition coefficient (Wildman–Crippen LogP) is 5.29. The summed E-state index contributed by atoms with van der Waals surface area (Å²) in [4.78, 5) is 7.57. The van der Waals surface area contributed by atoms with E-state index >= 15 is 0 Å². The maximum absolute atomic E-state index is 12.5. The smallest absolute Gasteiger partial charge is 0.329 e. The van der Waals surface area contributed by atoms with Crippen LogP contribution >= 0.6 is 47.8 Å². The first-order valence-electron chi connectivity index (χ1n) is 6.33. The van der Waals surface area contributed by atoms with Crippen LogP contribution in [0.4, 0.5) is 13.2 Å². The largest absolute Gasteiger partial charge is 0.471 e. The van der Waals surface area contributed by atoms with E-state index in [9.17, 15) is 13.2 Å². The number of imidazole rings is 1. The quantitative estimate of drug-likeness (QED) is 0.462. The number of nitrogens with zero attached hydrogens (tertiary/aromatic N) is 4. The van der Waals surface area contributed by atoms with Gasteiger partial charge in [0.25, 0.3) is 0 Å². The molecule has 0 spiro atoms. The maximum Gasteiger partial charge on any atom is 0.471 e. The van der Waals surface area contributed by atoms with Gasteiger partial charge in [0.15, 0.2) is 4.73 Å². The Labute approximate surface area is 158 Å². The number of alkyl halides is 3. The van der Waals surface area contributed by atoms with Crippen LogP contribution < -0.4 is 0 Å². The SMILES string of the molecule is FC(F)(F)c1nc(-c2ccc(Cn3c(Br)nc(Br)c3Br)cc2)no1. The van der Waals surface area contributed by atoms with Crippen molar-refractivity contribution in [1.82, 2.24) is 19.7 Å². The third-order valence-electron chi connectivity index (χ3n) is 3.04. The molecule has 0 amide bonds. The monoisotopic (exact) mass is 528 g/mol. The first kappa shape index (κ1) is 17.6. The summed E-state index contributed by atoms with van der Waals surface area (Å²) in [6.07, 6.45) is -4.65. The van der Waals surface area contributed by atoms with Gasteiger partial charge in [-0.3, -0.25) is 0 Å². The Bertz CT molecular complexity index is 874. The van der Waals surface area contributed by atoms with Crippen molar-refractivity contribution in [2.45, 2.75) is 12.7 Å². The average Bonchev–Trinajstić information content (AvgIpc) is 3.10. The number of halogens is 6. The summed E-state index contributed by atoms with van der Waals surface area (Å²) in [7, 11) is 0. The molecule has 0 fully saturated rings. The first-order chi connectivity index (χ1) is 11.3. The lowest BCUT2D eigenvalue weighted by molar-refractivity contribution is -0.159. The van der Waals surface area contributed by atoms with Crippen LogP contribution in [0.2, 0.25) is 0 Å². The minimum absolute atomic E-state index is 0.110. The zero-order valence-corrected chi connectivity index (χ0v) is 16.2. The molecule has 3 aromatic rings. The Kier molecular flexibility index (Phi) is 4.85. The molecule has 3 rings (SSSR count). The average molecular weight is 531 g/mol. The van der Waals surface area contributed by atoms with Crippen molar-refractivity contribution in [3.05, 3.63) is 49.7 Å². The topological polar surface area (TPSA) is 56.7 Å². The van der Waals surface area contributed by atoms with Crippen LogP contribution in [0, 0.1) is 0 Å². The van der Waals surface area contributed by atoms with Gasteiger partial charge in [0.1, 0.15) is 9.21 Å². The fourth-order valence-corrected chi connectivity index (χ4v) is 3.63. The van der Waals surface area contributed by atoms with Gasteiger partial charge in [-0.1, -0.05) is 29.4 Å². The van der Waals surface area contributed by atoms with E-state index < -0.39 is 12.1 Å². The maximum atomic E-state index is 12.5. The summed E-state index contributed by atoms with van der Waals surface area (Å²) in [6, 6.07) is 6.81. The Morgan fingerprint density at radius 2 is 1.71 bits per heavy atom. The number of aromatic nitrogens is 4. The fourth-order valence-electron chi connectivity index (χ4n) is 1.91. The molecule has 0 saturated carbocycles. The van der Waals surface area contributed by atoms with E-state index in [-0.39, 0.29) is 5.82 Å². The van der Waals surface area contributed by atoms with E-state index in [1.54, 1.807) is 24.3 Å². The minimum atomic E-state index is -4.65. The van der Waals surface area contributed by atoms with Gasteiger partial charge in [-0.05, 0) is 53.4 Å². The molecule has 1 aromatic carbocycles. The molecule has 0 bridgehead atoms. The minimum Gasteiger partial charge on any atom is -0.329 e. The second kappa shape index (κ2) is 6.60. The molecule has 2 aromatic heterocycles. The van der Waals surface area contributed by atoms with Crippen LogP contribution in [-0.2, 0) is 12.7 Å². The van der Waals surface area contributed by atoms with E-state index in [4.69, 9.17) is 0 Å². The molecule has 0 radical (unpaired) electrons. The molecule has 11 heteroatoms. The van der Waals surface area contributed by atoms with Gasteiger partial charge in [0.2, 0.25) is 5.82 Å². The zero-order chi connectivity index (χ0) is 17.5. The Balaban J connectivity index is 1.82. The van der Waals surface area contributed by atoms with Crippen molar-refractivity contribution in [1.29, 1.82) is 0 Å². The van der Waals surface area contributed by atoms with Crippen molar-refractivity contribution >= 4 is 47.8 Å². The van der Waals surface area contributed by atoms with Crippen LogP contribution in [0.5, 0.6) is 0 Å². The molecule has 5 nitrogen and oxygen atoms in total. The fraction of sp³-hybridized carbons (Fsp3) is 0.154. The lowest BCUT2D eigenvalue weighted by Gasteiger charge is -2.06. The molecule has 0 aliphatic rings. The van der Waals surface area contributed by atoms with Crippen LogP contribution in [0.25, 0.3) is 11.4 Å². The van der Waals surface area contributed by atoms with E-state index in [0.717, 1.165) is 10.2 Å². The van der Waals surface area contributed by atoms with Gasteiger partial charge in [-0.15, -0.1) is 0 Å². The summed E-state index contributed by atoms with van der Waals surface area (Å²) >= 11 is 10.1. The summed E-state index contributed by atoms with van der Waals surface area (Å²) in [5.41, 5.74) is 1.35. The van der Waals surface area contributed by atoms with E-state index in [1.807, 2.05) is 4.57 Å². The Morgan fingerprint density at radius 3 is 2.21 bits per heavy atom. The summed E-state index contributed by atoms with van der Waals surface area (Å²) in [6.45, 7) is 0.514. The molecule has 126 valence electrons. The highest BCUT2D eigenvalue weighted by atomic mass is 79.9. The van der Waals surface area contributed by atoms with Crippen LogP contribution in [0.15, 0.2) is 42.7 Å². The molecular formula is C13H6Br3F3N4O. The van der Waals surface area contributed by atoms with Crippen molar-refractivity contribution in [3.8, 4) is 11.4 Å². The number of benzene rings is 1. The van der Waals surface area contributed by atoms with E-state index in [0.29, 0.717) is 21.4 Å². The molecule has 0 unspecified atom stereocenters. The molecule has 0 saturated heterocycles. The lowest BCUT2D eigenvalue weighted by Crippen LogP contribution is -2.04. The molecule has 0 N–H and O–H groups in total. The second-order valence-corrected chi connectivity index (χ2v) is 6.88. The zero-order valence-electron chi connectivity index (χ0n) is 11.5. The van der Waals surface area contributed by atoms with Gasteiger partial charge >= 0.3 is 12.1 Å². The highest BCUT2D eigenvalue weighted by Gasteiger charge is 2.38. The number of rotatable bonds is 3. The van der Waals surface area contributed by atoms with E-state index in [1.165, 1.54) is 0 Å². The highest BCUT2D eigenvalue weighted by molar-refractivity contribution is 9.13. The van der Waals surface area contributed by atoms with Gasteiger partial charge < -0.3 is 9.09 Å². The van der Waals surface area contributed by atoms with Gasteiger partial charge in [0, 0.05) is 5.56 Å². The normalized spacial score (nSPS) is 11.9. The van der Waals surface area contributed by atoms with Crippen molar-refractivity contribution in [2.75, 3.05) is 0 Å². The van der Waals surface area contributed by atoms with Crippen LogP contribution in [0.1, 0.15) is 11.5 Å². The molecule has 0 aliphatic carbocycles.